The molecule has 0 heterocycles. The van der Waals surface area contributed by atoms with Gasteiger partial charge in [-0.25, -0.2) is 0 Å². The second-order valence-corrected chi connectivity index (χ2v) is 5.70. The van der Waals surface area contributed by atoms with E-state index in [1.807, 2.05) is 38.2 Å². The monoisotopic (exact) mass is 309 g/mol. The van der Waals surface area contributed by atoms with E-state index in [-0.39, 0.29) is 17.6 Å². The summed E-state index contributed by atoms with van der Waals surface area (Å²) in [5, 5.41) is 8.64. The van der Waals surface area contributed by atoms with E-state index in [2.05, 4.69) is 16.0 Å². The van der Waals surface area contributed by atoms with Crippen LogP contribution in [0.1, 0.15) is 12.0 Å². The second kappa shape index (κ2) is 10.2. The van der Waals surface area contributed by atoms with Gasteiger partial charge in [-0.05, 0) is 39.1 Å². The van der Waals surface area contributed by atoms with Crippen LogP contribution in [0.15, 0.2) is 24.3 Å². The summed E-state index contributed by atoms with van der Waals surface area (Å²) < 4.78 is 0. The molecule has 1 aromatic rings. The number of rotatable bonds is 9. The van der Waals surface area contributed by atoms with E-state index in [0.29, 0.717) is 12.3 Å². The second-order valence-electron chi connectivity index (χ2n) is 4.71. The van der Waals surface area contributed by atoms with Crippen molar-refractivity contribution in [1.29, 1.82) is 0 Å². The first-order chi connectivity index (χ1) is 10.1. The van der Waals surface area contributed by atoms with Gasteiger partial charge in [0.1, 0.15) is 0 Å². The van der Waals surface area contributed by atoms with Crippen molar-refractivity contribution in [3.63, 3.8) is 0 Å². The molecule has 2 amide bonds. The normalized spacial score (nSPS) is 10.2. The van der Waals surface area contributed by atoms with Crippen LogP contribution in [0.4, 0.5) is 5.69 Å². The van der Waals surface area contributed by atoms with Crippen molar-refractivity contribution in [2.24, 2.45) is 0 Å². The first-order valence-electron chi connectivity index (χ1n) is 6.97. The molecule has 0 fully saturated rings. The zero-order chi connectivity index (χ0) is 15.5. The molecule has 0 saturated carbocycles. The molecule has 116 valence electrons. The van der Waals surface area contributed by atoms with Crippen LogP contribution in [-0.4, -0.2) is 43.5 Å². The van der Waals surface area contributed by atoms with Crippen LogP contribution in [0.25, 0.3) is 0 Å². The Morgan fingerprint density at radius 1 is 1.05 bits per heavy atom. The number of thioether (sulfide) groups is 1. The maximum Gasteiger partial charge on any atom is 0.234 e. The highest BCUT2D eigenvalue weighted by molar-refractivity contribution is 8.00. The summed E-state index contributed by atoms with van der Waals surface area (Å²) in [7, 11) is 1.88. The fourth-order valence-corrected chi connectivity index (χ4v) is 2.26. The standard InChI is InChI=1S/C15H23N3O2S/c1-12-4-6-13(7-5-12)18-15(20)11-21-10-14(19)17-9-3-8-16-2/h4-7,16H,3,8-11H2,1-2H3,(H,17,19)(H,18,20). The summed E-state index contributed by atoms with van der Waals surface area (Å²) in [5.41, 5.74) is 1.93. The molecule has 0 atom stereocenters. The number of amides is 2. The van der Waals surface area contributed by atoms with Crippen LogP contribution in [0.3, 0.4) is 0 Å². The lowest BCUT2D eigenvalue weighted by Crippen LogP contribution is -2.28. The quantitative estimate of drug-likeness (QED) is 0.603. The third-order valence-corrected chi connectivity index (χ3v) is 3.66. The SMILES string of the molecule is CNCCCNC(=O)CSCC(=O)Nc1ccc(C)cc1. The van der Waals surface area contributed by atoms with Gasteiger partial charge < -0.3 is 16.0 Å². The van der Waals surface area contributed by atoms with Crippen molar-refractivity contribution >= 4 is 29.3 Å². The Hall–Kier alpha value is -1.53. The molecule has 0 aliphatic carbocycles. The average Bonchev–Trinajstić information content (AvgIpc) is 2.46. The predicted molar refractivity (Wildman–Crippen MR) is 88.7 cm³/mol. The summed E-state index contributed by atoms with van der Waals surface area (Å²) in [6, 6.07) is 7.63. The van der Waals surface area contributed by atoms with Crippen molar-refractivity contribution in [3.8, 4) is 0 Å². The highest BCUT2D eigenvalue weighted by atomic mass is 32.2. The molecule has 0 unspecified atom stereocenters. The highest BCUT2D eigenvalue weighted by Crippen LogP contribution is 2.09. The Bertz CT molecular complexity index is 449. The maximum atomic E-state index is 11.7. The zero-order valence-electron chi connectivity index (χ0n) is 12.6. The van der Waals surface area contributed by atoms with Gasteiger partial charge in [-0.15, -0.1) is 11.8 Å². The van der Waals surface area contributed by atoms with Gasteiger partial charge >= 0.3 is 0 Å². The van der Waals surface area contributed by atoms with Crippen LogP contribution < -0.4 is 16.0 Å². The lowest BCUT2D eigenvalue weighted by Gasteiger charge is -2.06. The van der Waals surface area contributed by atoms with E-state index >= 15 is 0 Å². The Labute approximate surface area is 130 Å². The van der Waals surface area contributed by atoms with E-state index < -0.39 is 0 Å². The minimum atomic E-state index is -0.0909. The van der Waals surface area contributed by atoms with Crippen LogP contribution in [0.5, 0.6) is 0 Å². The minimum Gasteiger partial charge on any atom is -0.355 e. The number of aryl methyl sites for hydroxylation is 1. The molecule has 6 heteroatoms. The van der Waals surface area contributed by atoms with Gasteiger partial charge in [-0.1, -0.05) is 17.7 Å². The van der Waals surface area contributed by atoms with E-state index in [0.717, 1.165) is 24.2 Å². The highest BCUT2D eigenvalue weighted by Gasteiger charge is 2.05. The van der Waals surface area contributed by atoms with Crippen molar-refractivity contribution < 1.29 is 9.59 Å². The van der Waals surface area contributed by atoms with Crippen molar-refractivity contribution in [3.05, 3.63) is 29.8 Å². The largest absolute Gasteiger partial charge is 0.355 e. The van der Waals surface area contributed by atoms with E-state index in [4.69, 9.17) is 0 Å². The minimum absolute atomic E-state index is 0.0285. The number of hydrogen-bond donors (Lipinski definition) is 3. The molecule has 3 N–H and O–H groups in total. The fraction of sp³-hybridized carbons (Fsp3) is 0.467. The predicted octanol–water partition coefficient (Wildman–Crippen LogP) is 1.39. The van der Waals surface area contributed by atoms with Gasteiger partial charge in [0.25, 0.3) is 0 Å². The van der Waals surface area contributed by atoms with Crippen LogP contribution in [-0.2, 0) is 9.59 Å². The number of benzene rings is 1. The van der Waals surface area contributed by atoms with Gasteiger partial charge in [-0.2, -0.15) is 0 Å². The first kappa shape index (κ1) is 17.5. The molecular formula is C15H23N3O2S. The topological polar surface area (TPSA) is 70.2 Å². The number of hydrogen-bond acceptors (Lipinski definition) is 4. The summed E-state index contributed by atoms with van der Waals surface area (Å²) in [5.74, 6) is 0.463. The molecule has 0 radical (unpaired) electrons. The lowest BCUT2D eigenvalue weighted by atomic mass is 10.2. The summed E-state index contributed by atoms with van der Waals surface area (Å²) in [6.45, 7) is 3.54. The lowest BCUT2D eigenvalue weighted by molar-refractivity contribution is -0.118. The molecule has 0 aliphatic heterocycles. The van der Waals surface area contributed by atoms with Crippen LogP contribution >= 0.6 is 11.8 Å². The molecular weight excluding hydrogens is 286 g/mol. The van der Waals surface area contributed by atoms with Crippen LogP contribution in [0.2, 0.25) is 0 Å². The van der Waals surface area contributed by atoms with Crippen LogP contribution in [0, 0.1) is 6.92 Å². The number of nitrogens with one attached hydrogen (secondary N) is 3. The molecule has 1 rings (SSSR count). The molecule has 0 saturated heterocycles. The smallest absolute Gasteiger partial charge is 0.234 e. The zero-order valence-corrected chi connectivity index (χ0v) is 13.4. The fourth-order valence-electron chi connectivity index (χ4n) is 1.61. The Morgan fingerprint density at radius 2 is 1.71 bits per heavy atom. The third kappa shape index (κ3) is 8.37. The van der Waals surface area contributed by atoms with E-state index in [1.165, 1.54) is 11.8 Å². The molecule has 5 nitrogen and oxygen atoms in total. The molecule has 1 aromatic carbocycles. The number of carbonyl (C=O) groups is 2. The molecule has 0 aliphatic rings. The summed E-state index contributed by atoms with van der Waals surface area (Å²) >= 11 is 1.32. The Kier molecular flexibility index (Phi) is 8.54. The van der Waals surface area contributed by atoms with Gasteiger partial charge in [0.05, 0.1) is 11.5 Å². The summed E-state index contributed by atoms with van der Waals surface area (Å²) in [6.07, 6.45) is 0.904. The van der Waals surface area contributed by atoms with Crippen molar-refractivity contribution in [2.75, 3.05) is 37.0 Å². The van der Waals surface area contributed by atoms with E-state index in [9.17, 15) is 9.59 Å². The maximum absolute atomic E-state index is 11.7. The first-order valence-corrected chi connectivity index (χ1v) is 8.13. The van der Waals surface area contributed by atoms with Gasteiger partial charge in [0, 0.05) is 12.2 Å². The number of carbonyl (C=O) groups excluding carboxylic acids is 2. The van der Waals surface area contributed by atoms with Gasteiger partial charge in [-0.3, -0.25) is 9.59 Å². The third-order valence-electron chi connectivity index (χ3n) is 2.73. The molecule has 21 heavy (non-hydrogen) atoms. The Balaban J connectivity index is 2.12. The summed E-state index contributed by atoms with van der Waals surface area (Å²) in [4.78, 5) is 23.2. The van der Waals surface area contributed by atoms with E-state index in [1.54, 1.807) is 0 Å². The molecule has 0 aromatic heterocycles. The Morgan fingerprint density at radius 3 is 2.38 bits per heavy atom. The number of anilines is 1. The van der Waals surface area contributed by atoms with Crippen molar-refractivity contribution in [1.82, 2.24) is 10.6 Å². The average molecular weight is 309 g/mol. The molecule has 0 spiro atoms. The van der Waals surface area contributed by atoms with Gasteiger partial charge in [0.2, 0.25) is 11.8 Å². The van der Waals surface area contributed by atoms with Gasteiger partial charge in [0.15, 0.2) is 0 Å². The molecule has 0 bridgehead atoms. The van der Waals surface area contributed by atoms with Crippen molar-refractivity contribution in [2.45, 2.75) is 13.3 Å².